The van der Waals surface area contributed by atoms with Crippen molar-refractivity contribution in [3.8, 4) is 0 Å². The van der Waals surface area contributed by atoms with Gasteiger partial charge in [0.25, 0.3) is 0 Å². The average molecular weight is 699 g/mol. The van der Waals surface area contributed by atoms with E-state index in [0.29, 0.717) is 38.5 Å². The van der Waals surface area contributed by atoms with Gasteiger partial charge in [0, 0.05) is 11.3 Å². The van der Waals surface area contributed by atoms with Crippen molar-refractivity contribution in [1.82, 2.24) is 0 Å². The first-order valence-electron chi connectivity index (χ1n) is 18.0. The summed E-state index contributed by atoms with van der Waals surface area (Å²) in [6, 6.07) is 0. The van der Waals surface area contributed by atoms with E-state index in [1.807, 2.05) is 6.92 Å². The smallest absolute Gasteiger partial charge is 0.315 e. The number of carbonyl (C=O) groups excluding carboxylic acids is 1. The van der Waals surface area contributed by atoms with E-state index in [4.69, 9.17) is 9.47 Å². The molecule has 10 N–H and O–H groups in total. The molecular formula is C36H58O13. The van der Waals surface area contributed by atoms with Crippen LogP contribution in [0.15, 0.2) is 11.6 Å². The van der Waals surface area contributed by atoms with Crippen LogP contribution in [0.5, 0.6) is 0 Å². The fourth-order valence-corrected chi connectivity index (χ4v) is 12.5. The van der Waals surface area contributed by atoms with Gasteiger partial charge in [-0.2, -0.15) is 0 Å². The monoisotopic (exact) mass is 698 g/mol. The van der Waals surface area contributed by atoms with Crippen LogP contribution in [-0.2, 0) is 14.3 Å². The van der Waals surface area contributed by atoms with Gasteiger partial charge in [-0.1, -0.05) is 39.3 Å². The van der Waals surface area contributed by atoms with Gasteiger partial charge in [0.05, 0.1) is 49.7 Å². The number of allylic oxidation sites excluding steroid dienone is 2. The van der Waals surface area contributed by atoms with Crippen LogP contribution in [0.4, 0.5) is 0 Å². The highest BCUT2D eigenvalue weighted by atomic mass is 16.7. The molecule has 5 fully saturated rings. The van der Waals surface area contributed by atoms with Crippen LogP contribution < -0.4 is 0 Å². The van der Waals surface area contributed by atoms with Crippen molar-refractivity contribution >= 4 is 5.97 Å². The second kappa shape index (κ2) is 12.4. The topological polar surface area (TPSA) is 238 Å². The second-order valence-electron chi connectivity index (χ2n) is 17.3. The number of aliphatic hydroxyl groups excluding tert-OH is 9. The van der Waals surface area contributed by atoms with Gasteiger partial charge >= 0.3 is 5.97 Å². The maximum absolute atomic E-state index is 14.5. The van der Waals surface area contributed by atoms with Crippen LogP contribution in [0.25, 0.3) is 0 Å². The number of hydrogen-bond donors (Lipinski definition) is 10. The molecule has 0 amide bonds. The minimum absolute atomic E-state index is 0.0173. The summed E-state index contributed by atoms with van der Waals surface area (Å²) in [6.45, 7) is 6.29. The van der Waals surface area contributed by atoms with E-state index in [1.54, 1.807) is 0 Å². The van der Waals surface area contributed by atoms with Gasteiger partial charge in [0.1, 0.15) is 24.4 Å². The summed E-state index contributed by atoms with van der Waals surface area (Å²) in [6.07, 6.45) is -4.86. The molecule has 13 heteroatoms. The summed E-state index contributed by atoms with van der Waals surface area (Å²) < 4.78 is 11.4. The van der Waals surface area contributed by atoms with E-state index in [2.05, 4.69) is 26.8 Å². The Kier molecular flexibility index (Phi) is 9.52. The van der Waals surface area contributed by atoms with Gasteiger partial charge in [0.2, 0.25) is 6.29 Å². The Hall–Kier alpha value is -1.23. The van der Waals surface area contributed by atoms with Crippen molar-refractivity contribution < 1.29 is 65.3 Å². The van der Waals surface area contributed by atoms with Crippen LogP contribution in [-0.4, -0.2) is 132 Å². The van der Waals surface area contributed by atoms with Crippen molar-refractivity contribution in [2.24, 2.45) is 50.7 Å². The lowest BCUT2D eigenvalue weighted by atomic mass is 9.33. The van der Waals surface area contributed by atoms with Crippen LogP contribution in [0.3, 0.4) is 0 Å². The highest BCUT2D eigenvalue weighted by Crippen LogP contribution is 2.76. The molecule has 1 saturated heterocycles. The summed E-state index contributed by atoms with van der Waals surface area (Å²) in [5, 5.41) is 107. The molecule has 0 aromatic heterocycles. The first-order chi connectivity index (χ1) is 22.9. The number of fused-ring (bicyclic) bond motifs is 7. The standard InChI is InChI=1S/C36H58O13/c1-18-24-19-5-6-22-31(2)13-20(41)28(45)35(15-38,16-39)23(31)7-8-33(22,4)32(19,3)9-10-34(24,11-12-36(18,47)17-40)30(46)49-29-27(44)26(43)25(42)21(14-37)48-29/h5,18,20-29,37-45,47H,6-17H2,1-4H3/t18-,20+,21-,22-,23-,24+,25-,26+,27-,28-,29+,31-,32-,33-,34-,36-/m1/s1. The van der Waals surface area contributed by atoms with Crippen LogP contribution in [0, 0.1) is 50.7 Å². The summed E-state index contributed by atoms with van der Waals surface area (Å²) in [5.41, 5.74) is -4.38. The van der Waals surface area contributed by atoms with Crippen LogP contribution in [0.1, 0.15) is 79.1 Å². The first kappa shape index (κ1) is 37.5. The predicted octanol–water partition coefficient (Wildman–Crippen LogP) is -0.649. The van der Waals surface area contributed by atoms with Crippen molar-refractivity contribution in [2.75, 3.05) is 26.4 Å². The first-order valence-corrected chi connectivity index (χ1v) is 18.0. The zero-order valence-corrected chi connectivity index (χ0v) is 29.1. The van der Waals surface area contributed by atoms with Gasteiger partial charge in [-0.25, -0.2) is 0 Å². The Morgan fingerprint density at radius 3 is 2.14 bits per heavy atom. The molecule has 49 heavy (non-hydrogen) atoms. The molecule has 280 valence electrons. The van der Waals surface area contributed by atoms with Gasteiger partial charge in [-0.15, -0.1) is 0 Å². The summed E-state index contributed by atoms with van der Waals surface area (Å²) in [4.78, 5) is 14.5. The van der Waals surface area contributed by atoms with Gasteiger partial charge in [-0.05, 0) is 85.4 Å². The Bertz CT molecular complexity index is 1300. The Labute approximate surface area is 287 Å². The number of rotatable bonds is 6. The van der Waals surface area contributed by atoms with Crippen molar-refractivity contribution in [1.29, 1.82) is 0 Å². The third kappa shape index (κ3) is 4.87. The molecule has 1 aliphatic heterocycles. The lowest BCUT2D eigenvalue weighted by Gasteiger charge is -2.72. The highest BCUT2D eigenvalue weighted by molar-refractivity contribution is 5.79. The largest absolute Gasteiger partial charge is 0.432 e. The van der Waals surface area contributed by atoms with E-state index in [-0.39, 0.29) is 30.1 Å². The van der Waals surface area contributed by atoms with E-state index in [9.17, 15) is 55.9 Å². The molecule has 6 aliphatic rings. The lowest BCUT2D eigenvalue weighted by Crippen LogP contribution is -2.70. The number of hydrogen-bond acceptors (Lipinski definition) is 13. The quantitative estimate of drug-likeness (QED) is 0.123. The van der Waals surface area contributed by atoms with Gasteiger partial charge in [-0.3, -0.25) is 4.79 Å². The average Bonchev–Trinajstić information content (AvgIpc) is 3.08. The molecule has 0 spiro atoms. The SMILES string of the molecule is C[C@@H]1[C@H]2C3=CC[C@@H]4[C@@]5(C)C[C@H](O)[C@@H](O)C(CO)(CO)[C@@H]5CC[C@@]4(C)[C@]3(C)CC[C@@]2(C(=O)O[C@@H]2O[C@H](CO)[C@@H](O)[C@H](O)[C@H]2O)CC[C@@]1(O)CO. The third-order valence-corrected chi connectivity index (χ3v) is 15.8. The zero-order chi connectivity index (χ0) is 36.1. The van der Waals surface area contributed by atoms with Crippen molar-refractivity contribution in [2.45, 2.75) is 128 Å². The molecule has 0 aromatic rings. The van der Waals surface area contributed by atoms with E-state index in [1.165, 1.54) is 0 Å². The molecule has 13 nitrogen and oxygen atoms in total. The molecule has 6 rings (SSSR count). The number of carbonyl (C=O) groups is 1. The molecule has 0 unspecified atom stereocenters. The Morgan fingerprint density at radius 1 is 0.878 bits per heavy atom. The Balaban J connectivity index is 1.41. The van der Waals surface area contributed by atoms with Crippen LogP contribution >= 0.6 is 0 Å². The summed E-state index contributed by atoms with van der Waals surface area (Å²) in [7, 11) is 0. The second-order valence-corrected chi connectivity index (χ2v) is 17.3. The fraction of sp³-hybridized carbons (Fsp3) is 0.917. The van der Waals surface area contributed by atoms with Crippen LogP contribution in [0.2, 0.25) is 0 Å². The molecule has 1 heterocycles. The minimum Gasteiger partial charge on any atom is -0.432 e. The minimum atomic E-state index is -1.76. The number of esters is 1. The van der Waals surface area contributed by atoms with E-state index >= 15 is 0 Å². The zero-order valence-electron chi connectivity index (χ0n) is 29.1. The third-order valence-electron chi connectivity index (χ3n) is 15.8. The summed E-state index contributed by atoms with van der Waals surface area (Å²) in [5.74, 6) is -2.12. The Morgan fingerprint density at radius 2 is 1.53 bits per heavy atom. The molecule has 4 saturated carbocycles. The number of ether oxygens (including phenoxy) is 2. The molecular weight excluding hydrogens is 640 g/mol. The molecule has 16 atom stereocenters. The predicted molar refractivity (Wildman–Crippen MR) is 172 cm³/mol. The molecule has 5 aliphatic carbocycles. The highest BCUT2D eigenvalue weighted by Gasteiger charge is 2.72. The maximum Gasteiger partial charge on any atom is 0.315 e. The van der Waals surface area contributed by atoms with Gasteiger partial charge < -0.3 is 60.5 Å². The van der Waals surface area contributed by atoms with Gasteiger partial charge in [0.15, 0.2) is 0 Å². The van der Waals surface area contributed by atoms with E-state index < -0.39 is 114 Å². The molecule has 0 radical (unpaired) electrons. The van der Waals surface area contributed by atoms with E-state index in [0.717, 1.165) is 5.57 Å². The molecule has 0 aromatic carbocycles. The normalized spacial score (nSPS) is 53.7. The number of aliphatic hydroxyl groups is 10. The summed E-state index contributed by atoms with van der Waals surface area (Å²) >= 11 is 0. The molecule has 0 bridgehead atoms. The maximum atomic E-state index is 14.5. The van der Waals surface area contributed by atoms with Crippen molar-refractivity contribution in [3.05, 3.63) is 11.6 Å². The fourth-order valence-electron chi connectivity index (χ4n) is 12.5. The lowest BCUT2D eigenvalue weighted by molar-refractivity contribution is -0.299. The van der Waals surface area contributed by atoms with Crippen molar-refractivity contribution in [3.63, 3.8) is 0 Å².